The number of rotatable bonds is 5. The Morgan fingerprint density at radius 2 is 1.75 bits per heavy atom. The first kappa shape index (κ1) is 24.3. The number of phenols is 1. The van der Waals surface area contributed by atoms with Crippen LogP contribution in [0.3, 0.4) is 0 Å². The quantitative estimate of drug-likeness (QED) is 0.283. The SMILES string of the molecule is CC1(C)C=Cc2c(cc(O)c3c(=O)c(CCC(C)(O)c4ccccc4)c(-c4ccccc4Br)oc23)O1. The first-order valence-electron chi connectivity index (χ1n) is 11.8. The standard InChI is InChI=1S/C30H27BrO5/c1-29(2)15-13-20-24(36-29)17-23(32)25-26(33)21(14-16-30(3,34)18-9-5-4-6-10-18)27(35-28(20)25)19-11-7-8-12-22(19)31/h4-13,15,17,32,34H,14,16H2,1-3H3. The minimum absolute atomic E-state index is 0.104. The lowest BCUT2D eigenvalue weighted by Crippen LogP contribution is -2.27. The number of fused-ring (bicyclic) bond motifs is 3. The highest BCUT2D eigenvalue weighted by Gasteiger charge is 2.30. The molecule has 1 unspecified atom stereocenters. The molecule has 2 N–H and O–H groups in total. The molecule has 4 aromatic rings. The molecule has 0 saturated carbocycles. The molecule has 0 fully saturated rings. The van der Waals surface area contributed by atoms with Gasteiger partial charge in [-0.05, 0) is 57.4 Å². The lowest BCUT2D eigenvalue weighted by molar-refractivity contribution is 0.0480. The Morgan fingerprint density at radius 1 is 1.06 bits per heavy atom. The molecule has 0 radical (unpaired) electrons. The highest BCUT2D eigenvalue weighted by atomic mass is 79.9. The zero-order valence-electron chi connectivity index (χ0n) is 20.3. The van der Waals surface area contributed by atoms with E-state index < -0.39 is 11.2 Å². The average molecular weight is 547 g/mol. The lowest BCUT2D eigenvalue weighted by atomic mass is 9.88. The zero-order chi connectivity index (χ0) is 25.7. The van der Waals surface area contributed by atoms with Crippen LogP contribution in [0, 0.1) is 0 Å². The second-order valence-electron chi connectivity index (χ2n) is 9.91. The van der Waals surface area contributed by atoms with Crippen LogP contribution in [0.5, 0.6) is 11.5 Å². The van der Waals surface area contributed by atoms with Crippen molar-refractivity contribution in [3.8, 4) is 22.8 Å². The molecule has 0 amide bonds. The monoisotopic (exact) mass is 546 g/mol. The first-order chi connectivity index (χ1) is 17.1. The molecule has 1 aliphatic rings. The summed E-state index contributed by atoms with van der Waals surface area (Å²) in [6.07, 6.45) is 4.29. The molecule has 1 atom stereocenters. The van der Waals surface area contributed by atoms with Gasteiger partial charge in [0.15, 0.2) is 11.0 Å². The van der Waals surface area contributed by atoms with Gasteiger partial charge in [0.1, 0.15) is 28.2 Å². The van der Waals surface area contributed by atoms with E-state index in [1.54, 1.807) is 6.92 Å². The molecule has 6 heteroatoms. The van der Waals surface area contributed by atoms with E-state index in [-0.39, 0.29) is 35.0 Å². The predicted octanol–water partition coefficient (Wildman–Crippen LogP) is 6.95. The minimum atomic E-state index is -1.16. The molecule has 36 heavy (non-hydrogen) atoms. The Balaban J connectivity index is 1.72. The van der Waals surface area contributed by atoms with E-state index in [1.807, 2.05) is 80.6 Å². The average Bonchev–Trinajstić information content (AvgIpc) is 2.83. The van der Waals surface area contributed by atoms with Crippen LogP contribution < -0.4 is 10.2 Å². The third-order valence-corrected chi connectivity index (χ3v) is 7.33. The number of hydrogen-bond acceptors (Lipinski definition) is 5. The van der Waals surface area contributed by atoms with Gasteiger partial charge in [0.05, 0.1) is 11.2 Å². The molecule has 3 aromatic carbocycles. The number of aromatic hydroxyl groups is 1. The maximum Gasteiger partial charge on any atom is 0.200 e. The van der Waals surface area contributed by atoms with Gasteiger partial charge in [0.2, 0.25) is 0 Å². The third-order valence-electron chi connectivity index (χ3n) is 6.64. The number of halogens is 1. The van der Waals surface area contributed by atoms with Gasteiger partial charge in [-0.1, -0.05) is 64.5 Å². The summed E-state index contributed by atoms with van der Waals surface area (Å²) in [5.74, 6) is 0.654. The van der Waals surface area contributed by atoms with Crippen molar-refractivity contribution in [2.45, 2.75) is 44.8 Å². The molecule has 5 nitrogen and oxygen atoms in total. The molecular formula is C30H27BrO5. The summed E-state index contributed by atoms with van der Waals surface area (Å²) in [5.41, 5.74) is 0.700. The maximum atomic E-state index is 13.9. The predicted molar refractivity (Wildman–Crippen MR) is 145 cm³/mol. The molecule has 0 saturated heterocycles. The van der Waals surface area contributed by atoms with E-state index in [0.717, 1.165) is 10.0 Å². The summed E-state index contributed by atoms with van der Waals surface area (Å²) < 4.78 is 13.3. The topological polar surface area (TPSA) is 79.9 Å². The summed E-state index contributed by atoms with van der Waals surface area (Å²) in [5, 5.41) is 22.2. The fourth-order valence-electron chi connectivity index (χ4n) is 4.62. The zero-order valence-corrected chi connectivity index (χ0v) is 21.9. The van der Waals surface area contributed by atoms with E-state index in [4.69, 9.17) is 9.15 Å². The van der Waals surface area contributed by atoms with E-state index in [9.17, 15) is 15.0 Å². The molecule has 2 heterocycles. The normalized spacial score (nSPS) is 15.8. The molecule has 1 aliphatic heterocycles. The molecule has 0 bridgehead atoms. The summed E-state index contributed by atoms with van der Waals surface area (Å²) in [7, 11) is 0. The number of benzene rings is 3. The number of hydrogen-bond donors (Lipinski definition) is 2. The van der Waals surface area contributed by atoms with Crippen molar-refractivity contribution in [1.82, 2.24) is 0 Å². The number of ether oxygens (including phenoxy) is 1. The second kappa shape index (κ2) is 8.95. The van der Waals surface area contributed by atoms with Gasteiger partial charge < -0.3 is 19.4 Å². The fraction of sp³-hybridized carbons (Fsp3) is 0.233. The van der Waals surface area contributed by atoms with Gasteiger partial charge in [-0.15, -0.1) is 0 Å². The van der Waals surface area contributed by atoms with Gasteiger partial charge in [0, 0.05) is 21.7 Å². The third kappa shape index (κ3) is 4.36. The van der Waals surface area contributed by atoms with E-state index in [1.165, 1.54) is 6.07 Å². The van der Waals surface area contributed by atoms with E-state index >= 15 is 0 Å². The summed E-state index contributed by atoms with van der Waals surface area (Å²) in [4.78, 5) is 13.9. The molecular weight excluding hydrogens is 520 g/mol. The number of phenolic OH excluding ortho intramolecular Hbond substituents is 1. The van der Waals surface area contributed by atoms with Crippen molar-refractivity contribution in [2.24, 2.45) is 0 Å². The van der Waals surface area contributed by atoms with Crippen molar-refractivity contribution >= 4 is 33.0 Å². The van der Waals surface area contributed by atoms with Crippen molar-refractivity contribution in [1.29, 1.82) is 0 Å². The minimum Gasteiger partial charge on any atom is -0.507 e. The van der Waals surface area contributed by atoms with Gasteiger partial charge in [-0.3, -0.25) is 4.79 Å². The van der Waals surface area contributed by atoms with Gasteiger partial charge >= 0.3 is 0 Å². The molecule has 1 aromatic heterocycles. The molecule has 184 valence electrons. The summed E-state index contributed by atoms with van der Waals surface area (Å²) in [6.45, 7) is 5.57. The molecule has 5 rings (SSSR count). The van der Waals surface area contributed by atoms with Crippen LogP contribution >= 0.6 is 15.9 Å². The highest BCUT2D eigenvalue weighted by molar-refractivity contribution is 9.10. The smallest absolute Gasteiger partial charge is 0.200 e. The van der Waals surface area contributed by atoms with Crippen molar-refractivity contribution in [3.05, 3.63) is 98.1 Å². The Bertz CT molecular complexity index is 1550. The fourth-order valence-corrected chi connectivity index (χ4v) is 5.09. The van der Waals surface area contributed by atoms with Crippen LogP contribution in [0.2, 0.25) is 0 Å². The molecule has 0 spiro atoms. The maximum absolute atomic E-state index is 13.9. The van der Waals surface area contributed by atoms with Crippen molar-refractivity contribution in [2.75, 3.05) is 0 Å². The van der Waals surface area contributed by atoms with Crippen LogP contribution in [0.25, 0.3) is 28.4 Å². The van der Waals surface area contributed by atoms with Crippen molar-refractivity contribution < 1.29 is 19.4 Å². The van der Waals surface area contributed by atoms with E-state index in [2.05, 4.69) is 15.9 Å². The number of aliphatic hydroxyl groups is 1. The summed E-state index contributed by atoms with van der Waals surface area (Å²) in [6, 6.07) is 18.4. The van der Waals surface area contributed by atoms with Crippen LogP contribution in [0.4, 0.5) is 0 Å². The van der Waals surface area contributed by atoms with Crippen LogP contribution in [0.1, 0.15) is 43.9 Å². The molecule has 0 aliphatic carbocycles. The lowest BCUT2D eigenvalue weighted by Gasteiger charge is -2.28. The van der Waals surface area contributed by atoms with Gasteiger partial charge in [-0.25, -0.2) is 0 Å². The second-order valence-corrected chi connectivity index (χ2v) is 10.8. The van der Waals surface area contributed by atoms with Gasteiger partial charge in [-0.2, -0.15) is 0 Å². The van der Waals surface area contributed by atoms with Crippen LogP contribution in [0.15, 0.2) is 80.4 Å². The largest absolute Gasteiger partial charge is 0.507 e. The van der Waals surface area contributed by atoms with E-state index in [0.29, 0.717) is 28.2 Å². The Labute approximate surface area is 217 Å². The Hall–Kier alpha value is -3.35. The Morgan fingerprint density at radius 3 is 2.47 bits per heavy atom. The highest BCUT2D eigenvalue weighted by Crippen LogP contribution is 2.42. The van der Waals surface area contributed by atoms with Gasteiger partial charge in [0.25, 0.3) is 0 Å². The van der Waals surface area contributed by atoms with Crippen molar-refractivity contribution in [3.63, 3.8) is 0 Å². The Kier molecular flexibility index (Phi) is 6.05. The first-order valence-corrected chi connectivity index (χ1v) is 12.6. The summed E-state index contributed by atoms with van der Waals surface area (Å²) >= 11 is 3.59. The van der Waals surface area contributed by atoms with Crippen LogP contribution in [-0.4, -0.2) is 15.8 Å². The van der Waals surface area contributed by atoms with Crippen LogP contribution in [-0.2, 0) is 12.0 Å².